The van der Waals surface area contributed by atoms with Gasteiger partial charge in [-0.25, -0.2) is 4.98 Å². The summed E-state index contributed by atoms with van der Waals surface area (Å²) in [5, 5.41) is 3.78. The summed E-state index contributed by atoms with van der Waals surface area (Å²) in [5.41, 5.74) is 19.1. The van der Waals surface area contributed by atoms with E-state index in [9.17, 15) is 0 Å². The predicted molar refractivity (Wildman–Crippen MR) is 267 cm³/mol. The minimum absolute atomic E-state index is 0.929. The molecule has 3 nitrogen and oxygen atoms in total. The van der Waals surface area contributed by atoms with Crippen LogP contribution in [0.2, 0.25) is 0 Å². The highest BCUT2D eigenvalue weighted by atomic mass is 15.0. The van der Waals surface area contributed by atoms with Gasteiger partial charge < -0.3 is 9.13 Å². The Hall–Kier alpha value is -8.27. The van der Waals surface area contributed by atoms with E-state index >= 15 is 0 Å². The number of allylic oxidation sites excluding steroid dienone is 2. The number of pyridine rings is 1. The molecule has 0 aliphatic rings. The van der Waals surface area contributed by atoms with E-state index < -0.39 is 0 Å². The van der Waals surface area contributed by atoms with Crippen molar-refractivity contribution in [2.24, 2.45) is 0 Å². The molecule has 3 heteroatoms. The quantitative estimate of drug-likeness (QED) is 0.133. The van der Waals surface area contributed by atoms with E-state index in [-0.39, 0.29) is 0 Å². The number of rotatable bonds is 9. The monoisotopic (exact) mass is 805 g/mol. The van der Waals surface area contributed by atoms with Crippen LogP contribution in [0, 0.1) is 6.92 Å². The molecule has 3 heterocycles. The molecule has 0 N–H and O–H groups in total. The van der Waals surface area contributed by atoms with Crippen LogP contribution in [0.3, 0.4) is 0 Å². The molecule has 0 spiro atoms. The Morgan fingerprint density at radius 1 is 0.381 bits per heavy atom. The lowest BCUT2D eigenvalue weighted by Gasteiger charge is -2.13. The number of fused-ring (bicyclic) bond motifs is 4. The van der Waals surface area contributed by atoms with Crippen molar-refractivity contribution in [1.29, 1.82) is 0 Å². The van der Waals surface area contributed by atoms with Gasteiger partial charge in [-0.15, -0.1) is 0 Å². The van der Waals surface area contributed by atoms with Gasteiger partial charge in [-0.3, -0.25) is 0 Å². The van der Waals surface area contributed by atoms with Crippen LogP contribution in [0.4, 0.5) is 0 Å². The van der Waals surface area contributed by atoms with Crippen LogP contribution in [-0.2, 0) is 0 Å². The van der Waals surface area contributed by atoms with Crippen molar-refractivity contribution in [2.45, 2.75) is 6.92 Å². The molecule has 0 fully saturated rings. The fraction of sp³-hybridized carbons (Fsp3) is 0.0167. The first kappa shape index (κ1) is 37.7. The van der Waals surface area contributed by atoms with Crippen LogP contribution in [-0.4, -0.2) is 14.1 Å². The van der Waals surface area contributed by atoms with Crippen molar-refractivity contribution in [2.75, 3.05) is 0 Å². The lowest BCUT2D eigenvalue weighted by molar-refractivity contribution is 1.10. The van der Waals surface area contributed by atoms with E-state index in [0.717, 1.165) is 73.0 Å². The van der Waals surface area contributed by atoms with E-state index in [1.165, 1.54) is 38.3 Å². The van der Waals surface area contributed by atoms with Crippen LogP contribution in [0.25, 0.3) is 106 Å². The summed E-state index contributed by atoms with van der Waals surface area (Å²) in [6.07, 6.45) is 5.98. The Morgan fingerprint density at radius 3 is 1.35 bits per heavy atom. The summed E-state index contributed by atoms with van der Waals surface area (Å²) in [4.78, 5) is 5.37. The second-order valence-electron chi connectivity index (χ2n) is 16.1. The normalized spacial score (nSPS) is 11.6. The fourth-order valence-corrected chi connectivity index (χ4v) is 9.20. The molecule has 63 heavy (non-hydrogen) atoms. The zero-order valence-electron chi connectivity index (χ0n) is 35.0. The van der Waals surface area contributed by atoms with E-state index in [2.05, 4.69) is 241 Å². The van der Waals surface area contributed by atoms with Gasteiger partial charge in [-0.05, 0) is 119 Å². The maximum Gasteiger partial charge on any atom is 0.0715 e. The minimum Gasteiger partial charge on any atom is -0.310 e. The molecule has 11 rings (SSSR count). The molecule has 0 unspecified atom stereocenters. The van der Waals surface area contributed by atoms with E-state index in [0.29, 0.717) is 0 Å². The van der Waals surface area contributed by atoms with Crippen molar-refractivity contribution in [3.8, 4) is 67.3 Å². The maximum absolute atomic E-state index is 5.37. The van der Waals surface area contributed by atoms with Gasteiger partial charge in [0.1, 0.15) is 0 Å². The van der Waals surface area contributed by atoms with Crippen molar-refractivity contribution >= 4 is 38.8 Å². The van der Waals surface area contributed by atoms with Gasteiger partial charge in [-0.2, -0.15) is 0 Å². The number of hydrogen-bond donors (Lipinski definition) is 0. The Labute approximate surface area is 367 Å². The average Bonchev–Trinajstić information content (AvgIpc) is 3.84. The summed E-state index contributed by atoms with van der Waals surface area (Å²) < 4.78 is 4.70. The van der Waals surface area contributed by atoms with Gasteiger partial charge in [0.2, 0.25) is 0 Å². The Balaban J connectivity index is 0.943. The summed E-state index contributed by atoms with van der Waals surface area (Å²) >= 11 is 0. The molecule has 0 saturated carbocycles. The zero-order chi connectivity index (χ0) is 42.3. The highest BCUT2D eigenvalue weighted by Gasteiger charge is 2.16. The first-order valence-corrected chi connectivity index (χ1v) is 21.5. The number of benzene rings is 8. The average molecular weight is 806 g/mol. The summed E-state index contributed by atoms with van der Waals surface area (Å²) in [6.45, 7) is 6.10. The smallest absolute Gasteiger partial charge is 0.0715 e. The summed E-state index contributed by atoms with van der Waals surface area (Å²) in [7, 11) is 0. The molecule has 0 radical (unpaired) electrons. The first-order valence-electron chi connectivity index (χ1n) is 21.5. The van der Waals surface area contributed by atoms with E-state index in [4.69, 9.17) is 4.98 Å². The molecule has 0 saturated heterocycles. The Kier molecular flexibility index (Phi) is 9.56. The second kappa shape index (κ2) is 16.0. The van der Waals surface area contributed by atoms with E-state index in [1.54, 1.807) is 0 Å². The van der Waals surface area contributed by atoms with Crippen molar-refractivity contribution in [3.05, 3.63) is 242 Å². The number of para-hydroxylation sites is 3. The van der Waals surface area contributed by atoms with Gasteiger partial charge in [0.25, 0.3) is 0 Å². The lowest BCUT2D eigenvalue weighted by Crippen LogP contribution is -1.97. The summed E-state index contributed by atoms with van der Waals surface area (Å²) in [6, 6.07) is 76.3. The van der Waals surface area contributed by atoms with Gasteiger partial charge >= 0.3 is 0 Å². The van der Waals surface area contributed by atoms with Crippen LogP contribution in [0.5, 0.6) is 0 Å². The highest BCUT2D eigenvalue weighted by Crippen LogP contribution is 2.37. The molecule has 0 bridgehead atoms. The largest absolute Gasteiger partial charge is 0.310 e. The highest BCUT2D eigenvalue weighted by molar-refractivity contribution is 6.09. The molecule has 0 aliphatic carbocycles. The van der Waals surface area contributed by atoms with Crippen molar-refractivity contribution in [1.82, 2.24) is 14.1 Å². The maximum atomic E-state index is 5.37. The van der Waals surface area contributed by atoms with Crippen molar-refractivity contribution < 1.29 is 0 Å². The van der Waals surface area contributed by atoms with Gasteiger partial charge in [0, 0.05) is 44.4 Å². The molecule has 11 aromatic rings. The number of aryl methyl sites for hydroxylation is 1. The van der Waals surface area contributed by atoms with Gasteiger partial charge in [-0.1, -0.05) is 164 Å². The topological polar surface area (TPSA) is 22.8 Å². The SMILES string of the molecule is C=C/C=C\c1c(C)c2ccccc2n1-c1ccc(-c2cccc(-c3cc(-c4ccccc4)cc(-c4cccc(-c5ccc(-n6c7ccccc7c7ccccc76)cc5)c4)n3)c2)cc1. The third-order valence-electron chi connectivity index (χ3n) is 12.3. The molecule has 0 atom stereocenters. The predicted octanol–water partition coefficient (Wildman–Crippen LogP) is 16.0. The minimum atomic E-state index is 0.929. The first-order chi connectivity index (χ1) is 31.1. The van der Waals surface area contributed by atoms with Crippen LogP contribution in [0.1, 0.15) is 11.3 Å². The Bertz CT molecular complexity index is 3460. The third-order valence-corrected chi connectivity index (χ3v) is 12.3. The third kappa shape index (κ3) is 6.86. The molecular weight excluding hydrogens is 763 g/mol. The molecule has 8 aromatic carbocycles. The van der Waals surface area contributed by atoms with Gasteiger partial charge in [0.15, 0.2) is 0 Å². The zero-order valence-corrected chi connectivity index (χ0v) is 35.0. The molecule has 0 amide bonds. The molecule has 0 aliphatic heterocycles. The molecular formula is C60H43N3. The summed E-state index contributed by atoms with van der Waals surface area (Å²) in [5.74, 6) is 0. The Morgan fingerprint density at radius 2 is 0.810 bits per heavy atom. The lowest BCUT2D eigenvalue weighted by atomic mass is 9.96. The fourth-order valence-electron chi connectivity index (χ4n) is 9.20. The van der Waals surface area contributed by atoms with Crippen LogP contribution < -0.4 is 0 Å². The number of nitrogens with zero attached hydrogens (tertiary/aromatic N) is 3. The molecule has 3 aromatic heterocycles. The standard InChI is InChI=1S/C60H43N3/c1-3-4-25-57-41(2)52-22-8-11-26-58(52)62(57)50-33-29-43(30-34-50)45-18-14-20-47(37-45)55-39-49(42-16-6-5-7-17-42)40-56(61-55)48-21-15-19-46(38-48)44-31-35-51(36-32-44)63-59-27-12-9-23-53(59)54-24-10-13-28-60(54)63/h3-40H,1H2,2H3/b25-4-. The van der Waals surface area contributed by atoms with Crippen LogP contribution >= 0.6 is 0 Å². The van der Waals surface area contributed by atoms with E-state index in [1.807, 2.05) is 12.2 Å². The molecule has 298 valence electrons. The van der Waals surface area contributed by atoms with Gasteiger partial charge in [0.05, 0.1) is 27.9 Å². The van der Waals surface area contributed by atoms with Crippen LogP contribution in [0.15, 0.2) is 231 Å². The van der Waals surface area contributed by atoms with Crippen molar-refractivity contribution in [3.63, 3.8) is 0 Å². The number of hydrogen-bond acceptors (Lipinski definition) is 1. The number of aromatic nitrogens is 3. The second-order valence-corrected chi connectivity index (χ2v) is 16.1.